The predicted molar refractivity (Wildman–Crippen MR) is 108 cm³/mol. The first kappa shape index (κ1) is 21.2. The number of hydrogen-bond acceptors (Lipinski definition) is 5. The van der Waals surface area contributed by atoms with E-state index in [1.165, 1.54) is 30.1 Å². The molecule has 0 fully saturated rings. The summed E-state index contributed by atoms with van der Waals surface area (Å²) in [5, 5.41) is 9.61. The molecule has 4 rings (SSSR count). The minimum atomic E-state index is -4.81. The maximum atomic E-state index is 12.9. The van der Waals surface area contributed by atoms with Gasteiger partial charge in [-0.1, -0.05) is 18.2 Å². The summed E-state index contributed by atoms with van der Waals surface area (Å²) in [6.07, 6.45) is -3.43. The second-order valence-electron chi connectivity index (χ2n) is 6.88. The molecule has 1 aliphatic heterocycles. The number of rotatable bonds is 5. The van der Waals surface area contributed by atoms with Crippen LogP contribution in [-0.4, -0.2) is 35.1 Å². The number of halogens is 3. The molecule has 0 unspecified atom stereocenters. The van der Waals surface area contributed by atoms with Crippen molar-refractivity contribution in [3.05, 3.63) is 54.7 Å². The van der Waals surface area contributed by atoms with E-state index in [0.717, 1.165) is 12.1 Å². The topological polar surface area (TPSA) is 94.5 Å². The second kappa shape index (κ2) is 8.25. The van der Waals surface area contributed by atoms with Crippen LogP contribution in [0.15, 0.2) is 54.7 Å². The van der Waals surface area contributed by atoms with Crippen molar-refractivity contribution in [1.29, 1.82) is 0 Å². The summed E-state index contributed by atoms with van der Waals surface area (Å²) in [6, 6.07) is 10.9. The molecule has 0 saturated carbocycles. The fourth-order valence-corrected chi connectivity index (χ4v) is 3.40. The highest BCUT2D eigenvalue weighted by molar-refractivity contribution is 6.03. The van der Waals surface area contributed by atoms with Crippen LogP contribution in [0.2, 0.25) is 0 Å². The van der Waals surface area contributed by atoms with Gasteiger partial charge in [0, 0.05) is 16.8 Å². The molecule has 0 aliphatic carbocycles. The van der Waals surface area contributed by atoms with Crippen molar-refractivity contribution in [1.82, 2.24) is 9.78 Å². The lowest BCUT2D eigenvalue weighted by Gasteiger charge is -2.24. The Labute approximate surface area is 179 Å². The van der Waals surface area contributed by atoms with Gasteiger partial charge in [0.15, 0.2) is 0 Å². The number of alkyl halides is 3. The maximum absolute atomic E-state index is 12.9. The Bertz CT molecular complexity index is 1160. The molecule has 2 amide bonds. The molecule has 1 atom stereocenters. The molecular formula is C21H17F3N4O4. The van der Waals surface area contributed by atoms with E-state index >= 15 is 0 Å². The number of nitrogens with one attached hydrogen (secondary N) is 2. The zero-order chi connectivity index (χ0) is 22.9. The van der Waals surface area contributed by atoms with E-state index in [1.807, 2.05) is 6.07 Å². The number of carbonyl (C=O) groups is 2. The number of ether oxygens (including phenoxy) is 2. The van der Waals surface area contributed by atoms with E-state index in [4.69, 9.17) is 4.74 Å². The molecule has 2 N–H and O–H groups in total. The average Bonchev–Trinajstić information content (AvgIpc) is 3.17. The number of para-hydroxylation sites is 1. The fraction of sp³-hybridized carbons (Fsp3) is 0.190. The van der Waals surface area contributed by atoms with Crippen LogP contribution in [0.25, 0.3) is 11.1 Å². The normalized spacial score (nSPS) is 15.5. The molecule has 2 aromatic carbocycles. The summed E-state index contributed by atoms with van der Waals surface area (Å²) in [5.41, 5.74) is 1.52. The molecule has 11 heteroatoms. The van der Waals surface area contributed by atoms with Crippen molar-refractivity contribution in [2.24, 2.45) is 0 Å². The highest BCUT2D eigenvalue weighted by Crippen LogP contribution is 2.38. The molecule has 0 spiro atoms. The summed E-state index contributed by atoms with van der Waals surface area (Å²) >= 11 is 0. The molecule has 166 valence electrons. The van der Waals surface area contributed by atoms with Gasteiger partial charge >= 0.3 is 6.36 Å². The molecule has 32 heavy (non-hydrogen) atoms. The van der Waals surface area contributed by atoms with Crippen molar-refractivity contribution in [2.45, 2.75) is 18.8 Å². The van der Waals surface area contributed by atoms with Crippen molar-refractivity contribution >= 4 is 23.3 Å². The van der Waals surface area contributed by atoms with Gasteiger partial charge in [0.2, 0.25) is 11.8 Å². The molecule has 1 aliphatic rings. The summed E-state index contributed by atoms with van der Waals surface area (Å²) in [5.74, 6) is -0.406. The number of amides is 2. The van der Waals surface area contributed by atoms with Crippen LogP contribution >= 0.6 is 0 Å². The molecular weight excluding hydrogens is 429 g/mol. The van der Waals surface area contributed by atoms with Crippen molar-refractivity contribution < 1.29 is 32.2 Å². The summed E-state index contributed by atoms with van der Waals surface area (Å²) < 4.78 is 47.5. The lowest BCUT2D eigenvalue weighted by atomic mass is 10.1. The van der Waals surface area contributed by atoms with Gasteiger partial charge in [0.25, 0.3) is 0 Å². The van der Waals surface area contributed by atoms with Crippen LogP contribution in [0.1, 0.15) is 12.5 Å². The highest BCUT2D eigenvalue weighted by Gasteiger charge is 2.34. The van der Waals surface area contributed by atoms with Crippen LogP contribution in [0, 0.1) is 0 Å². The smallest absolute Gasteiger partial charge is 0.496 e. The fourth-order valence-electron chi connectivity index (χ4n) is 3.40. The quantitative estimate of drug-likeness (QED) is 0.618. The van der Waals surface area contributed by atoms with Gasteiger partial charge in [-0.05, 0) is 30.3 Å². The third-order valence-electron chi connectivity index (χ3n) is 4.78. The Balaban J connectivity index is 1.58. The van der Waals surface area contributed by atoms with E-state index < -0.39 is 24.1 Å². The lowest BCUT2D eigenvalue weighted by Crippen LogP contribution is -2.35. The van der Waals surface area contributed by atoms with Crippen LogP contribution in [0.4, 0.5) is 24.7 Å². The first-order valence-electron chi connectivity index (χ1n) is 9.42. The van der Waals surface area contributed by atoms with Gasteiger partial charge in [-0.2, -0.15) is 5.10 Å². The van der Waals surface area contributed by atoms with E-state index in [-0.39, 0.29) is 18.0 Å². The Morgan fingerprint density at radius 1 is 1.16 bits per heavy atom. The number of anilines is 2. The second-order valence-corrected chi connectivity index (χ2v) is 6.88. The molecule has 8 nitrogen and oxygen atoms in total. The lowest BCUT2D eigenvalue weighted by molar-refractivity contribution is -0.274. The van der Waals surface area contributed by atoms with Crippen molar-refractivity contribution in [3.8, 4) is 22.6 Å². The SMILES string of the molecule is COc1ccccc1-c1cnn2c1NC(=O)C[C@H]2C(=O)Nc1ccc(OC(F)(F)F)cc1. The van der Waals surface area contributed by atoms with Crippen LogP contribution < -0.4 is 20.1 Å². The molecule has 1 aromatic heterocycles. The summed E-state index contributed by atoms with van der Waals surface area (Å²) in [4.78, 5) is 25.2. The molecule has 0 saturated heterocycles. The molecule has 0 radical (unpaired) electrons. The number of aromatic nitrogens is 2. The Morgan fingerprint density at radius 3 is 2.56 bits per heavy atom. The third-order valence-corrected chi connectivity index (χ3v) is 4.78. The number of methoxy groups -OCH3 is 1. The first-order chi connectivity index (χ1) is 15.2. The minimum absolute atomic E-state index is 0.152. The minimum Gasteiger partial charge on any atom is -0.496 e. The van der Waals surface area contributed by atoms with Gasteiger partial charge in [-0.15, -0.1) is 13.2 Å². The number of carbonyl (C=O) groups excluding carboxylic acids is 2. The van der Waals surface area contributed by atoms with E-state index in [0.29, 0.717) is 22.7 Å². The monoisotopic (exact) mass is 446 g/mol. The zero-order valence-electron chi connectivity index (χ0n) is 16.6. The Kier molecular flexibility index (Phi) is 5.47. The summed E-state index contributed by atoms with van der Waals surface area (Å²) in [6.45, 7) is 0. The summed E-state index contributed by atoms with van der Waals surface area (Å²) in [7, 11) is 1.52. The number of nitrogens with zero attached hydrogens (tertiary/aromatic N) is 2. The third kappa shape index (κ3) is 4.36. The highest BCUT2D eigenvalue weighted by atomic mass is 19.4. The van der Waals surface area contributed by atoms with E-state index in [1.54, 1.807) is 18.2 Å². The Hall–Kier alpha value is -4.02. The van der Waals surface area contributed by atoms with Crippen molar-refractivity contribution in [3.63, 3.8) is 0 Å². The molecule has 0 bridgehead atoms. The van der Waals surface area contributed by atoms with Gasteiger partial charge < -0.3 is 20.1 Å². The Morgan fingerprint density at radius 2 is 1.88 bits per heavy atom. The van der Waals surface area contributed by atoms with Crippen LogP contribution in [-0.2, 0) is 9.59 Å². The number of benzene rings is 2. The van der Waals surface area contributed by atoms with Crippen molar-refractivity contribution in [2.75, 3.05) is 17.7 Å². The van der Waals surface area contributed by atoms with Crippen LogP contribution in [0.5, 0.6) is 11.5 Å². The zero-order valence-corrected chi connectivity index (χ0v) is 16.6. The van der Waals surface area contributed by atoms with E-state index in [2.05, 4.69) is 20.5 Å². The predicted octanol–water partition coefficient (Wildman–Crippen LogP) is 3.98. The van der Waals surface area contributed by atoms with E-state index in [9.17, 15) is 22.8 Å². The largest absolute Gasteiger partial charge is 0.573 e. The van der Waals surface area contributed by atoms with Crippen LogP contribution in [0.3, 0.4) is 0 Å². The average molecular weight is 446 g/mol. The number of fused-ring (bicyclic) bond motifs is 1. The van der Waals surface area contributed by atoms with Gasteiger partial charge in [-0.25, -0.2) is 4.68 Å². The molecule has 2 heterocycles. The standard InChI is InChI=1S/C21H17F3N4O4/c1-31-17-5-3-2-4-14(17)15-11-25-28-16(10-18(29)27-19(15)28)20(30)26-12-6-8-13(9-7-12)32-21(22,23)24/h2-9,11,16H,10H2,1H3,(H,26,30)(H,27,29)/t16-/m0/s1. The molecule has 3 aromatic rings. The van der Waals surface area contributed by atoms with Gasteiger partial charge in [0.05, 0.1) is 19.7 Å². The number of hydrogen-bond donors (Lipinski definition) is 2. The maximum Gasteiger partial charge on any atom is 0.573 e. The van der Waals surface area contributed by atoms with Gasteiger partial charge in [-0.3, -0.25) is 9.59 Å². The van der Waals surface area contributed by atoms with Gasteiger partial charge in [0.1, 0.15) is 23.4 Å². The first-order valence-corrected chi connectivity index (χ1v) is 9.42.